The average Bonchev–Trinajstić information content (AvgIpc) is 2.94. The zero-order valence-corrected chi connectivity index (χ0v) is 14.1. The number of alkyl halides is 2. The molecule has 3 aromatic rings. The maximum Gasteiger partial charge on any atom is 0.388 e. The van der Waals surface area contributed by atoms with Gasteiger partial charge in [-0.2, -0.15) is 13.8 Å². The number of nitrogens with one attached hydrogen (secondary N) is 1. The summed E-state index contributed by atoms with van der Waals surface area (Å²) in [6.45, 7) is -1.35. The topological polar surface area (TPSA) is 81.9 Å². The molecule has 0 bridgehead atoms. The van der Waals surface area contributed by atoms with Gasteiger partial charge in [0.25, 0.3) is 5.91 Å². The van der Waals surface area contributed by atoms with Crippen LogP contribution in [0, 0.1) is 6.92 Å². The Hall–Kier alpha value is -3.07. The van der Waals surface area contributed by atoms with Gasteiger partial charge in [-0.25, -0.2) is 9.67 Å². The van der Waals surface area contributed by atoms with Crippen molar-refractivity contribution >= 4 is 23.5 Å². The summed E-state index contributed by atoms with van der Waals surface area (Å²) in [6, 6.07) is 11.5. The summed E-state index contributed by atoms with van der Waals surface area (Å²) in [7, 11) is 0. The molecule has 0 saturated heterocycles. The first-order valence-corrected chi connectivity index (χ1v) is 7.73. The van der Waals surface area contributed by atoms with Crippen LogP contribution in [0.4, 0.5) is 14.7 Å². The zero-order valence-electron chi connectivity index (χ0n) is 13.4. The second-order valence-electron chi connectivity index (χ2n) is 5.08. The molecular weight excluding hydrogens is 368 g/mol. The van der Waals surface area contributed by atoms with Gasteiger partial charge in [0.15, 0.2) is 0 Å². The van der Waals surface area contributed by atoms with Crippen molar-refractivity contribution in [2.45, 2.75) is 13.5 Å². The molecule has 10 heteroatoms. The standard InChI is InChI=1S/C16H12ClF2N5O2/c1-9-20-16(23-24(9)11-5-3-2-4-6-11)22-14(25)10-7-12(17)21-13(8-10)26-15(18)19/h2-8,15H,1H3,(H,22,23,25). The molecule has 0 radical (unpaired) electrons. The lowest BCUT2D eigenvalue weighted by atomic mass is 10.2. The number of nitrogens with zero attached hydrogens (tertiary/aromatic N) is 4. The van der Waals surface area contributed by atoms with Crippen LogP contribution in [0.15, 0.2) is 42.5 Å². The minimum absolute atomic E-state index is 0.0191. The maximum atomic E-state index is 12.3. The van der Waals surface area contributed by atoms with Crippen LogP contribution in [0.5, 0.6) is 5.88 Å². The van der Waals surface area contributed by atoms with Crippen LogP contribution in [0.3, 0.4) is 0 Å². The number of aryl methyl sites for hydroxylation is 1. The minimum Gasteiger partial charge on any atom is -0.417 e. The predicted molar refractivity (Wildman–Crippen MR) is 89.9 cm³/mol. The van der Waals surface area contributed by atoms with Crippen molar-refractivity contribution in [3.8, 4) is 11.6 Å². The predicted octanol–water partition coefficient (Wildman–Crippen LogP) is 3.48. The molecule has 0 spiro atoms. The molecule has 0 saturated carbocycles. The first-order chi connectivity index (χ1) is 12.4. The lowest BCUT2D eigenvalue weighted by Gasteiger charge is -2.06. The van der Waals surface area contributed by atoms with Crippen molar-refractivity contribution in [3.63, 3.8) is 0 Å². The van der Waals surface area contributed by atoms with Crippen LogP contribution >= 0.6 is 11.6 Å². The number of halogens is 3. The van der Waals surface area contributed by atoms with E-state index in [4.69, 9.17) is 11.6 Å². The van der Waals surface area contributed by atoms with Crippen molar-refractivity contribution in [1.29, 1.82) is 0 Å². The number of ether oxygens (including phenoxy) is 1. The lowest BCUT2D eigenvalue weighted by Crippen LogP contribution is -2.14. The third-order valence-corrected chi connectivity index (χ3v) is 3.43. The Morgan fingerprint density at radius 1 is 1.23 bits per heavy atom. The van der Waals surface area contributed by atoms with Gasteiger partial charge in [-0.05, 0) is 25.1 Å². The Labute approximate surface area is 151 Å². The SMILES string of the molecule is Cc1nc(NC(=O)c2cc(Cl)nc(OC(F)F)c2)nn1-c1ccccc1. The van der Waals surface area contributed by atoms with E-state index < -0.39 is 18.4 Å². The van der Waals surface area contributed by atoms with Crippen LogP contribution in [-0.2, 0) is 0 Å². The molecule has 0 atom stereocenters. The summed E-state index contributed by atoms with van der Waals surface area (Å²) in [5.74, 6) is -0.489. The van der Waals surface area contributed by atoms with Gasteiger partial charge >= 0.3 is 6.61 Å². The van der Waals surface area contributed by atoms with Gasteiger partial charge in [-0.1, -0.05) is 29.8 Å². The van der Waals surface area contributed by atoms with Crippen LogP contribution in [0.1, 0.15) is 16.2 Å². The number of rotatable bonds is 5. The van der Waals surface area contributed by atoms with Crippen LogP contribution in [0.25, 0.3) is 5.69 Å². The van der Waals surface area contributed by atoms with E-state index >= 15 is 0 Å². The molecule has 0 aliphatic carbocycles. The summed E-state index contributed by atoms with van der Waals surface area (Å²) < 4.78 is 30.4. The monoisotopic (exact) mass is 379 g/mol. The number of para-hydroxylation sites is 1. The molecule has 1 amide bonds. The molecule has 7 nitrogen and oxygen atoms in total. The molecule has 0 fully saturated rings. The number of carbonyl (C=O) groups is 1. The summed E-state index contributed by atoms with van der Waals surface area (Å²) in [5, 5.41) is 6.54. The van der Waals surface area contributed by atoms with Crippen LogP contribution in [0.2, 0.25) is 5.15 Å². The molecule has 134 valence electrons. The van der Waals surface area contributed by atoms with Crippen molar-refractivity contribution in [3.05, 3.63) is 59.0 Å². The fourth-order valence-electron chi connectivity index (χ4n) is 2.19. The van der Waals surface area contributed by atoms with Gasteiger partial charge in [0.2, 0.25) is 11.8 Å². The highest BCUT2D eigenvalue weighted by Gasteiger charge is 2.16. The summed E-state index contributed by atoms with van der Waals surface area (Å²) in [6.07, 6.45) is 0. The zero-order chi connectivity index (χ0) is 18.7. The summed E-state index contributed by atoms with van der Waals surface area (Å²) in [4.78, 5) is 20.1. The van der Waals surface area contributed by atoms with Crippen LogP contribution in [-0.4, -0.2) is 32.3 Å². The molecule has 0 aliphatic heterocycles. The van der Waals surface area contributed by atoms with E-state index in [2.05, 4.69) is 25.1 Å². The smallest absolute Gasteiger partial charge is 0.388 e. The highest BCUT2D eigenvalue weighted by molar-refractivity contribution is 6.30. The highest BCUT2D eigenvalue weighted by atomic mass is 35.5. The van der Waals surface area contributed by atoms with E-state index in [9.17, 15) is 13.6 Å². The first kappa shape index (κ1) is 17.7. The molecule has 1 aromatic carbocycles. The first-order valence-electron chi connectivity index (χ1n) is 7.35. The number of amides is 1. The number of anilines is 1. The fourth-order valence-corrected chi connectivity index (χ4v) is 2.39. The summed E-state index contributed by atoms with van der Waals surface area (Å²) >= 11 is 5.74. The Morgan fingerprint density at radius 3 is 2.65 bits per heavy atom. The Balaban J connectivity index is 1.82. The molecule has 2 aromatic heterocycles. The van der Waals surface area contributed by atoms with Crippen molar-refractivity contribution in [2.75, 3.05) is 5.32 Å². The molecular formula is C16H12ClF2N5O2. The van der Waals surface area contributed by atoms with Gasteiger partial charge < -0.3 is 4.74 Å². The fraction of sp³-hybridized carbons (Fsp3) is 0.125. The Bertz CT molecular complexity index is 934. The van der Waals surface area contributed by atoms with Gasteiger partial charge in [-0.15, -0.1) is 5.10 Å². The normalized spacial score (nSPS) is 10.8. The number of hydrogen-bond donors (Lipinski definition) is 1. The van der Waals surface area contributed by atoms with Gasteiger partial charge in [0.1, 0.15) is 11.0 Å². The second-order valence-corrected chi connectivity index (χ2v) is 5.47. The van der Waals surface area contributed by atoms with Crippen molar-refractivity contribution in [1.82, 2.24) is 19.7 Å². The highest BCUT2D eigenvalue weighted by Crippen LogP contribution is 2.19. The molecule has 1 N–H and O–H groups in total. The van der Waals surface area contributed by atoms with Crippen molar-refractivity contribution < 1.29 is 18.3 Å². The van der Waals surface area contributed by atoms with E-state index in [0.717, 1.165) is 11.8 Å². The maximum absolute atomic E-state index is 12.3. The largest absolute Gasteiger partial charge is 0.417 e. The molecule has 0 unspecified atom stereocenters. The van der Waals surface area contributed by atoms with E-state index in [0.29, 0.717) is 5.82 Å². The number of carbonyl (C=O) groups excluding carboxylic acids is 1. The molecule has 3 rings (SSSR count). The summed E-state index contributed by atoms with van der Waals surface area (Å²) in [5.41, 5.74) is 0.756. The van der Waals surface area contributed by atoms with Gasteiger partial charge in [0.05, 0.1) is 5.69 Å². The Morgan fingerprint density at radius 2 is 1.96 bits per heavy atom. The lowest BCUT2D eigenvalue weighted by molar-refractivity contribution is -0.0528. The Kier molecular flexibility index (Phi) is 5.08. The van der Waals surface area contributed by atoms with E-state index in [1.807, 2.05) is 30.3 Å². The van der Waals surface area contributed by atoms with E-state index in [1.54, 1.807) is 11.6 Å². The van der Waals surface area contributed by atoms with Gasteiger partial charge in [0, 0.05) is 11.6 Å². The van der Waals surface area contributed by atoms with Crippen molar-refractivity contribution in [2.24, 2.45) is 0 Å². The molecule has 2 heterocycles. The van der Waals surface area contributed by atoms with E-state index in [-0.39, 0.29) is 16.7 Å². The quantitative estimate of drug-likeness (QED) is 0.686. The van der Waals surface area contributed by atoms with Gasteiger partial charge in [-0.3, -0.25) is 10.1 Å². The molecule has 0 aliphatic rings. The third kappa shape index (κ3) is 4.12. The molecule has 26 heavy (non-hydrogen) atoms. The average molecular weight is 380 g/mol. The number of aromatic nitrogens is 4. The minimum atomic E-state index is -3.08. The number of hydrogen-bond acceptors (Lipinski definition) is 5. The van der Waals surface area contributed by atoms with Crippen LogP contribution < -0.4 is 10.1 Å². The number of benzene rings is 1. The third-order valence-electron chi connectivity index (χ3n) is 3.24. The number of pyridine rings is 1. The van der Waals surface area contributed by atoms with E-state index in [1.165, 1.54) is 6.07 Å². The second kappa shape index (κ2) is 7.44.